The van der Waals surface area contributed by atoms with Crippen LogP contribution in [0.3, 0.4) is 0 Å². The van der Waals surface area contributed by atoms with Gasteiger partial charge in [0.2, 0.25) is 0 Å². The Bertz CT molecular complexity index is 529. The van der Waals surface area contributed by atoms with Crippen molar-refractivity contribution in [3.05, 3.63) is 33.5 Å². The molecular weight excluding hydrogens is 286 g/mol. The molecule has 0 aromatic carbocycles. The first-order valence-corrected chi connectivity index (χ1v) is 8.89. The summed E-state index contributed by atoms with van der Waals surface area (Å²) < 4.78 is 0. The molecule has 20 heavy (non-hydrogen) atoms. The molecule has 5 heteroatoms. The first-order valence-electron chi connectivity index (χ1n) is 7.19. The van der Waals surface area contributed by atoms with Gasteiger partial charge in [-0.2, -0.15) is 0 Å². The van der Waals surface area contributed by atoms with E-state index in [1.54, 1.807) is 0 Å². The minimum absolute atomic E-state index is 0.520. The molecule has 3 rings (SSSR count). The molecule has 3 nitrogen and oxygen atoms in total. The van der Waals surface area contributed by atoms with E-state index in [9.17, 15) is 0 Å². The summed E-state index contributed by atoms with van der Waals surface area (Å²) in [6.45, 7) is 6.28. The van der Waals surface area contributed by atoms with Gasteiger partial charge in [-0.3, -0.25) is 0 Å². The van der Waals surface area contributed by atoms with Gasteiger partial charge in [-0.15, -0.1) is 22.7 Å². The van der Waals surface area contributed by atoms with Crippen LogP contribution in [0.2, 0.25) is 0 Å². The molecule has 1 aliphatic rings. The van der Waals surface area contributed by atoms with Crippen LogP contribution < -0.4 is 10.2 Å². The van der Waals surface area contributed by atoms with Crippen LogP contribution in [0, 0.1) is 0 Å². The summed E-state index contributed by atoms with van der Waals surface area (Å²) in [6.07, 6.45) is 4.65. The van der Waals surface area contributed by atoms with E-state index >= 15 is 0 Å². The van der Waals surface area contributed by atoms with E-state index in [2.05, 4.69) is 46.6 Å². The highest BCUT2D eigenvalue weighted by Gasteiger charge is 2.31. The van der Waals surface area contributed by atoms with E-state index in [0.29, 0.717) is 12.1 Å². The van der Waals surface area contributed by atoms with Gasteiger partial charge >= 0.3 is 0 Å². The van der Waals surface area contributed by atoms with Crippen molar-refractivity contribution >= 4 is 27.8 Å². The zero-order valence-electron chi connectivity index (χ0n) is 12.0. The molecule has 0 bridgehead atoms. The van der Waals surface area contributed by atoms with Crippen molar-refractivity contribution in [1.82, 2.24) is 10.3 Å². The molecule has 0 amide bonds. The monoisotopic (exact) mass is 307 g/mol. The number of nitrogens with zero attached hydrogens (tertiary/aromatic N) is 2. The lowest BCUT2D eigenvalue weighted by atomic mass is 10.4. The summed E-state index contributed by atoms with van der Waals surface area (Å²) in [5.41, 5.74) is 0. The number of hydrogen-bond donors (Lipinski definition) is 1. The molecule has 1 saturated carbocycles. The number of nitrogens with one attached hydrogen (secondary N) is 1. The molecule has 1 N–H and O–H groups in total. The normalized spacial score (nSPS) is 14.9. The lowest BCUT2D eigenvalue weighted by molar-refractivity contribution is 0.593. The Hall–Kier alpha value is -0.910. The van der Waals surface area contributed by atoms with Crippen molar-refractivity contribution in [1.29, 1.82) is 0 Å². The minimum atomic E-state index is 0.520. The quantitative estimate of drug-likeness (QED) is 0.841. The fraction of sp³-hybridized carbons (Fsp3) is 0.533. The van der Waals surface area contributed by atoms with Crippen molar-refractivity contribution in [2.24, 2.45) is 0 Å². The van der Waals surface area contributed by atoms with Crippen LogP contribution in [-0.2, 0) is 13.1 Å². The molecule has 0 aliphatic heterocycles. The Morgan fingerprint density at radius 3 is 2.90 bits per heavy atom. The zero-order chi connectivity index (χ0) is 13.9. The highest BCUT2D eigenvalue weighted by atomic mass is 32.1. The second-order valence-electron chi connectivity index (χ2n) is 5.58. The molecular formula is C15H21N3S2. The molecule has 1 fully saturated rings. The number of rotatable bonds is 7. The highest BCUT2D eigenvalue weighted by Crippen LogP contribution is 2.35. The third kappa shape index (κ3) is 3.59. The topological polar surface area (TPSA) is 28.2 Å². The summed E-state index contributed by atoms with van der Waals surface area (Å²) in [5, 5.41) is 6.79. The summed E-state index contributed by atoms with van der Waals surface area (Å²) in [7, 11) is 0. The molecule has 0 spiro atoms. The van der Waals surface area contributed by atoms with Crippen molar-refractivity contribution < 1.29 is 0 Å². The predicted octanol–water partition coefficient (Wildman–Crippen LogP) is 3.87. The molecule has 1 aliphatic carbocycles. The Morgan fingerprint density at radius 2 is 2.25 bits per heavy atom. The van der Waals surface area contributed by atoms with Gasteiger partial charge in [0.15, 0.2) is 5.13 Å². The Balaban J connectivity index is 1.68. The summed E-state index contributed by atoms with van der Waals surface area (Å²) in [6, 6.07) is 5.57. The van der Waals surface area contributed by atoms with Crippen molar-refractivity contribution in [2.75, 3.05) is 4.90 Å². The van der Waals surface area contributed by atoms with E-state index in [4.69, 9.17) is 0 Å². The molecule has 108 valence electrons. The van der Waals surface area contributed by atoms with Crippen molar-refractivity contribution in [3.63, 3.8) is 0 Å². The largest absolute Gasteiger partial charge is 0.340 e. The van der Waals surface area contributed by atoms with Crippen LogP contribution in [0.4, 0.5) is 5.13 Å². The van der Waals surface area contributed by atoms with Gasteiger partial charge in [-0.05, 0) is 24.3 Å². The van der Waals surface area contributed by atoms with Crippen LogP contribution in [0.5, 0.6) is 0 Å². The van der Waals surface area contributed by atoms with Crippen LogP contribution in [0.15, 0.2) is 23.7 Å². The number of thiazole rings is 1. The van der Waals surface area contributed by atoms with Crippen LogP contribution in [0.1, 0.15) is 36.4 Å². The average molecular weight is 307 g/mol. The van der Waals surface area contributed by atoms with Gasteiger partial charge in [0.1, 0.15) is 0 Å². The molecule has 2 heterocycles. The molecule has 2 aromatic rings. The molecule has 2 aromatic heterocycles. The van der Waals surface area contributed by atoms with Gasteiger partial charge in [0.05, 0.1) is 6.54 Å². The van der Waals surface area contributed by atoms with E-state index < -0.39 is 0 Å². The first-order chi connectivity index (χ1) is 9.72. The predicted molar refractivity (Wildman–Crippen MR) is 87.6 cm³/mol. The third-order valence-electron chi connectivity index (χ3n) is 3.37. The number of aromatic nitrogens is 1. The summed E-state index contributed by atoms with van der Waals surface area (Å²) >= 11 is 3.67. The lowest BCUT2D eigenvalue weighted by Crippen LogP contribution is -2.24. The highest BCUT2D eigenvalue weighted by molar-refractivity contribution is 7.15. The maximum Gasteiger partial charge on any atom is 0.186 e. The van der Waals surface area contributed by atoms with E-state index in [1.165, 1.54) is 27.7 Å². The molecule has 0 unspecified atom stereocenters. The Labute approximate surface area is 128 Å². The Kier molecular flexibility index (Phi) is 4.38. The fourth-order valence-corrected chi connectivity index (χ4v) is 3.76. The SMILES string of the molecule is CC(C)NCc1cnc(N(Cc2cccs2)C2CC2)s1. The zero-order valence-corrected chi connectivity index (χ0v) is 13.6. The molecule has 0 atom stereocenters. The van der Waals surface area contributed by atoms with Gasteiger partial charge < -0.3 is 10.2 Å². The standard InChI is InChI=1S/C15H21N3S2/c1-11(2)16-8-14-9-17-15(20-14)18(12-5-6-12)10-13-4-3-7-19-13/h3-4,7,9,11-12,16H,5-6,8,10H2,1-2H3. The average Bonchev–Trinajstić information content (AvgIpc) is 2.95. The number of anilines is 1. The van der Waals surface area contributed by atoms with Crippen molar-refractivity contribution in [2.45, 2.75) is 51.9 Å². The fourth-order valence-electron chi connectivity index (χ4n) is 2.13. The summed E-state index contributed by atoms with van der Waals surface area (Å²) in [4.78, 5) is 9.88. The Morgan fingerprint density at radius 1 is 1.40 bits per heavy atom. The van der Waals surface area contributed by atoms with Crippen LogP contribution >= 0.6 is 22.7 Å². The minimum Gasteiger partial charge on any atom is -0.340 e. The molecule has 0 saturated heterocycles. The third-order valence-corrected chi connectivity index (χ3v) is 5.26. The maximum atomic E-state index is 4.65. The number of thiophene rings is 1. The van der Waals surface area contributed by atoms with Crippen LogP contribution in [-0.4, -0.2) is 17.1 Å². The van der Waals surface area contributed by atoms with Gasteiger partial charge in [-0.1, -0.05) is 19.9 Å². The van der Waals surface area contributed by atoms with Gasteiger partial charge in [-0.25, -0.2) is 4.98 Å². The summed E-state index contributed by atoms with van der Waals surface area (Å²) in [5.74, 6) is 0. The maximum absolute atomic E-state index is 4.65. The van der Waals surface area contributed by atoms with Gasteiger partial charge in [0.25, 0.3) is 0 Å². The molecule has 0 radical (unpaired) electrons. The second kappa shape index (κ2) is 6.24. The van der Waals surface area contributed by atoms with Crippen LogP contribution in [0.25, 0.3) is 0 Å². The second-order valence-corrected chi connectivity index (χ2v) is 7.71. The number of hydrogen-bond acceptors (Lipinski definition) is 5. The van der Waals surface area contributed by atoms with E-state index in [0.717, 1.165) is 13.1 Å². The lowest BCUT2D eigenvalue weighted by Gasteiger charge is -2.20. The smallest absolute Gasteiger partial charge is 0.186 e. The van der Waals surface area contributed by atoms with Gasteiger partial charge in [0, 0.05) is 34.6 Å². The van der Waals surface area contributed by atoms with E-state index in [1.807, 2.05) is 28.9 Å². The van der Waals surface area contributed by atoms with E-state index in [-0.39, 0.29) is 0 Å². The van der Waals surface area contributed by atoms with Crippen molar-refractivity contribution in [3.8, 4) is 0 Å². The first kappa shape index (κ1) is 14.0.